The molecule has 2 aromatic heterocycles. The Hall–Kier alpha value is -2.93. The summed E-state index contributed by atoms with van der Waals surface area (Å²) in [6.07, 6.45) is 5.44. The van der Waals surface area contributed by atoms with E-state index in [1.807, 2.05) is 12.1 Å². The first-order valence-electron chi connectivity index (χ1n) is 14.0. The molecule has 4 aromatic rings. The average Bonchev–Trinajstić information content (AvgIpc) is 3.44. The summed E-state index contributed by atoms with van der Waals surface area (Å²) in [4.78, 5) is 14.0. The number of piperazine rings is 1. The molecular formula is C30H31ClFN7OSe. The molecule has 7 rings (SSSR count). The summed E-state index contributed by atoms with van der Waals surface area (Å²) in [6.45, 7) is 1.98. The summed E-state index contributed by atoms with van der Waals surface area (Å²) in [5.74, 6) is 0.0977. The number of ether oxygens (including phenoxy) is 1. The van der Waals surface area contributed by atoms with Gasteiger partial charge in [0.2, 0.25) is 0 Å². The number of benzene rings is 2. The first-order valence-corrected chi connectivity index (χ1v) is 16.1. The Labute approximate surface area is 249 Å². The Morgan fingerprint density at radius 3 is 2.68 bits per heavy atom. The third-order valence-electron chi connectivity index (χ3n) is 9.18. The van der Waals surface area contributed by atoms with Gasteiger partial charge in [-0.2, -0.15) is 0 Å². The topological polar surface area (TPSA) is 103 Å². The fourth-order valence-electron chi connectivity index (χ4n) is 6.67. The smallest absolute Gasteiger partial charge is 0.0495 e. The monoisotopic (exact) mass is 639 g/mol. The number of nitrogen functional groups attached to an aromatic ring is 1. The van der Waals surface area contributed by atoms with E-state index in [0.29, 0.717) is 51.0 Å². The molecule has 0 unspecified atom stereocenters. The maximum absolute atomic E-state index is 16.8. The van der Waals surface area contributed by atoms with Gasteiger partial charge in [0.1, 0.15) is 0 Å². The van der Waals surface area contributed by atoms with Gasteiger partial charge in [-0.25, -0.2) is 0 Å². The van der Waals surface area contributed by atoms with Gasteiger partial charge in [-0.1, -0.05) is 0 Å². The Morgan fingerprint density at radius 2 is 2.02 bits per heavy atom. The number of hydrogen-bond donors (Lipinski definition) is 2. The molecule has 3 N–H and O–H groups in total. The molecule has 2 bridgehead atoms. The van der Waals surface area contributed by atoms with Crippen molar-refractivity contribution in [3.63, 3.8) is 0 Å². The van der Waals surface area contributed by atoms with Gasteiger partial charge < -0.3 is 0 Å². The van der Waals surface area contributed by atoms with E-state index < -0.39 is 5.82 Å². The van der Waals surface area contributed by atoms with Gasteiger partial charge in [-0.3, -0.25) is 0 Å². The number of nitrogens with two attached hydrogens (primary N) is 1. The standard InChI is InChI=1S/C30H31ClFN7OSe/c1-38(2)30(9-4-10-30)15-40-29-36-26-19(28(37-29)39-13-16-7-8-17(14-39)35-16)11-21(31)24(25(26)32)18-5-3-6-22-23(18)20(12-33)27(34)41-22/h3,5-6,11,16-17,35H,4,7-10,13-15,34H2,1-2H3/t16-,17+. The molecule has 2 atom stereocenters. The Balaban J connectivity index is 1.40. The van der Waals surface area contributed by atoms with Crippen LogP contribution in [0, 0.1) is 17.1 Å². The van der Waals surface area contributed by atoms with Crippen LogP contribution in [-0.4, -0.2) is 80.8 Å². The zero-order chi connectivity index (χ0) is 28.5. The number of halogens is 2. The summed E-state index contributed by atoms with van der Waals surface area (Å²) in [5, 5.41) is 15.0. The molecule has 3 aliphatic rings. The van der Waals surface area contributed by atoms with Crippen molar-refractivity contribution in [1.29, 1.82) is 5.26 Å². The summed E-state index contributed by atoms with van der Waals surface area (Å²) in [5.41, 5.74) is 7.48. The second-order valence-corrected chi connectivity index (χ2v) is 14.4. The second-order valence-electron chi connectivity index (χ2n) is 11.7. The molecule has 2 saturated heterocycles. The number of aromatic nitrogens is 2. The first kappa shape index (κ1) is 26.9. The van der Waals surface area contributed by atoms with E-state index in [9.17, 15) is 5.26 Å². The van der Waals surface area contributed by atoms with Crippen LogP contribution in [0.1, 0.15) is 37.7 Å². The predicted octanol–water partition coefficient (Wildman–Crippen LogP) is 4.56. The van der Waals surface area contributed by atoms with E-state index in [4.69, 9.17) is 27.1 Å². The molecule has 41 heavy (non-hydrogen) atoms. The minimum Gasteiger partial charge on any atom is -0.0495 e. The summed E-state index contributed by atoms with van der Waals surface area (Å²) >= 11 is 6.69. The maximum atomic E-state index is 16.8. The zero-order valence-electron chi connectivity index (χ0n) is 23.0. The molecule has 2 aliphatic heterocycles. The molecule has 8 nitrogen and oxygen atoms in total. The second kappa shape index (κ2) is 10.1. The van der Waals surface area contributed by atoms with E-state index in [1.54, 1.807) is 12.1 Å². The average molecular weight is 639 g/mol. The van der Waals surface area contributed by atoms with Crippen LogP contribution in [0.3, 0.4) is 0 Å². The molecule has 0 amide bonds. The number of nitrogens with one attached hydrogen (secondary N) is 1. The predicted molar refractivity (Wildman–Crippen MR) is 161 cm³/mol. The molecule has 11 heteroatoms. The minimum absolute atomic E-state index is 0.0668. The number of likely N-dealkylation sites (N-methyl/N-ethyl adjacent to an activating group) is 1. The van der Waals surface area contributed by atoms with Crippen molar-refractivity contribution in [2.45, 2.75) is 49.7 Å². The molecule has 2 aromatic carbocycles. The van der Waals surface area contributed by atoms with Crippen LogP contribution in [0.15, 0.2) is 24.3 Å². The van der Waals surface area contributed by atoms with E-state index in [2.05, 4.69) is 40.3 Å². The third kappa shape index (κ3) is 4.38. The van der Waals surface area contributed by atoms with Crippen LogP contribution in [0.25, 0.3) is 31.7 Å². The number of rotatable bonds is 6. The van der Waals surface area contributed by atoms with Crippen molar-refractivity contribution >= 4 is 57.0 Å². The third-order valence-corrected chi connectivity index (χ3v) is 11.5. The van der Waals surface area contributed by atoms with Crippen molar-refractivity contribution in [2.24, 2.45) is 0 Å². The van der Waals surface area contributed by atoms with Crippen molar-refractivity contribution in [1.82, 2.24) is 20.2 Å². The van der Waals surface area contributed by atoms with Gasteiger partial charge in [0.25, 0.3) is 0 Å². The molecule has 3 fully saturated rings. The van der Waals surface area contributed by atoms with E-state index in [-0.39, 0.29) is 42.2 Å². The minimum atomic E-state index is -0.547. The zero-order valence-corrected chi connectivity index (χ0v) is 25.5. The quantitative estimate of drug-likeness (QED) is 0.297. The Kier molecular flexibility index (Phi) is 6.64. The summed E-state index contributed by atoms with van der Waals surface area (Å²) in [7, 11) is 4.13. The number of hydrogen-bond acceptors (Lipinski definition) is 8. The van der Waals surface area contributed by atoms with E-state index in [1.165, 1.54) is 0 Å². The van der Waals surface area contributed by atoms with Gasteiger partial charge in [0.15, 0.2) is 0 Å². The normalized spacial score (nSPS) is 21.4. The number of nitrogens with zero attached hydrogens (tertiary/aromatic N) is 5. The Morgan fingerprint density at radius 1 is 1.27 bits per heavy atom. The molecule has 4 heterocycles. The van der Waals surface area contributed by atoms with Gasteiger partial charge >= 0.3 is 229 Å². The Bertz CT molecular complexity index is 1720. The molecule has 1 aliphatic carbocycles. The van der Waals surface area contributed by atoms with Gasteiger partial charge in [-0.05, 0) is 20.5 Å². The molecule has 0 spiro atoms. The van der Waals surface area contributed by atoms with Gasteiger partial charge in [0, 0.05) is 0 Å². The van der Waals surface area contributed by atoms with Crippen LogP contribution in [-0.2, 0) is 0 Å². The van der Waals surface area contributed by atoms with E-state index >= 15 is 4.39 Å². The van der Waals surface area contributed by atoms with Crippen molar-refractivity contribution in [2.75, 3.05) is 44.4 Å². The van der Waals surface area contributed by atoms with Crippen LogP contribution in [0.2, 0.25) is 5.02 Å². The van der Waals surface area contributed by atoms with Crippen LogP contribution >= 0.6 is 11.6 Å². The summed E-state index contributed by atoms with van der Waals surface area (Å²) in [6, 6.07) is 10.5. The van der Waals surface area contributed by atoms with Crippen LogP contribution in [0.4, 0.5) is 14.8 Å². The van der Waals surface area contributed by atoms with Crippen molar-refractivity contribution in [3.05, 3.63) is 40.7 Å². The van der Waals surface area contributed by atoms with Crippen LogP contribution in [0.5, 0.6) is 6.01 Å². The first-order chi connectivity index (χ1) is 19.8. The van der Waals surface area contributed by atoms with Crippen LogP contribution < -0.4 is 20.7 Å². The molecule has 0 radical (unpaired) electrons. The molecular weight excluding hydrogens is 608 g/mol. The fourth-order valence-corrected chi connectivity index (χ4v) is 8.95. The van der Waals surface area contributed by atoms with Gasteiger partial charge in [0.05, 0.1) is 0 Å². The molecule has 1 saturated carbocycles. The molecule has 212 valence electrons. The number of nitriles is 1. The summed E-state index contributed by atoms with van der Waals surface area (Å²) < 4.78 is 24.5. The van der Waals surface area contributed by atoms with Crippen molar-refractivity contribution in [3.8, 4) is 23.2 Å². The van der Waals surface area contributed by atoms with E-state index in [0.717, 1.165) is 49.5 Å². The number of fused-ring (bicyclic) bond motifs is 4. The number of anilines is 2. The van der Waals surface area contributed by atoms with Crippen molar-refractivity contribution < 1.29 is 9.13 Å². The van der Waals surface area contributed by atoms with Gasteiger partial charge in [-0.15, -0.1) is 0 Å². The SMILES string of the molecule is CN(C)C1(COc2nc(N3C[C@H]4CC[C@@H](C3)N4)c3cc(Cl)c(-c4cccc5[se]c(N)c(C#N)c45)c(F)c3n2)CCC1. The fraction of sp³-hybridized carbons (Fsp3) is 0.433.